The van der Waals surface area contributed by atoms with Gasteiger partial charge in [-0.3, -0.25) is 22.1 Å². The molecule has 0 bridgehead atoms. The summed E-state index contributed by atoms with van der Waals surface area (Å²) in [6, 6.07) is 6.36. The average Bonchev–Trinajstić information content (AvgIpc) is 3.12. The van der Waals surface area contributed by atoms with Crippen molar-refractivity contribution in [2.24, 2.45) is 0 Å². The minimum absolute atomic E-state index is 0. The molecule has 0 radical (unpaired) electrons. The van der Waals surface area contributed by atoms with Crippen LogP contribution < -0.4 is 22.1 Å². The van der Waals surface area contributed by atoms with Crippen molar-refractivity contribution in [1.82, 2.24) is 20.6 Å². The second-order valence-electron chi connectivity index (χ2n) is 3.92. The van der Waals surface area contributed by atoms with E-state index >= 15 is 0 Å². The molecular formula is C12H16N6O2PtS2+4. The van der Waals surface area contributed by atoms with Crippen molar-refractivity contribution in [3.05, 3.63) is 48.0 Å². The van der Waals surface area contributed by atoms with E-state index in [1.165, 1.54) is 0 Å². The van der Waals surface area contributed by atoms with Crippen LogP contribution >= 0.6 is 24.4 Å². The summed E-state index contributed by atoms with van der Waals surface area (Å²) in [4.78, 5) is 27.3. The van der Waals surface area contributed by atoms with Crippen molar-refractivity contribution in [1.29, 1.82) is 0 Å². The van der Waals surface area contributed by atoms with Gasteiger partial charge >= 0.3 is 33.1 Å². The van der Waals surface area contributed by atoms with Gasteiger partial charge in [0.1, 0.15) is 9.98 Å². The van der Waals surface area contributed by atoms with Crippen LogP contribution in [0.15, 0.2) is 36.7 Å². The molecule has 0 atom stereocenters. The van der Waals surface area contributed by atoms with Crippen LogP contribution in [0.3, 0.4) is 0 Å². The largest absolute Gasteiger partial charge is 2.00 e. The molecule has 0 unspecified atom stereocenters. The van der Waals surface area contributed by atoms with Crippen LogP contribution in [0.5, 0.6) is 0 Å². The van der Waals surface area contributed by atoms with E-state index in [4.69, 9.17) is 24.4 Å². The molecule has 4 amide bonds. The standard InChI is InChI=1S/2C6H7N3OS.Pt/c2*7-6(10)9-5(11)4-2-1-3-8-4;/h2*1-3,8H,(H3,7,9,10,11);/q;;+2/p+2. The topological polar surface area (TPSA) is 145 Å². The summed E-state index contributed by atoms with van der Waals surface area (Å²) in [5.74, 6) is 0. The fourth-order valence-corrected chi connectivity index (χ4v) is 1.81. The Morgan fingerprint density at radius 2 is 1.22 bits per heavy atom. The average molecular weight is 536 g/mol. The smallest absolute Gasteiger partial charge is 0.359 e. The van der Waals surface area contributed by atoms with E-state index in [0.29, 0.717) is 9.98 Å². The van der Waals surface area contributed by atoms with Gasteiger partial charge in [-0.15, -0.1) is 0 Å². The van der Waals surface area contributed by atoms with Crippen LogP contribution in [-0.4, -0.2) is 32.0 Å². The number of carbonyl (C=O) groups is 2. The molecule has 0 aliphatic rings. The summed E-state index contributed by atoms with van der Waals surface area (Å²) in [5.41, 5.74) is 7.71. The molecule has 0 aliphatic heterocycles. The third-order valence-corrected chi connectivity index (χ3v) is 2.84. The number of H-pyrrole nitrogens is 2. The van der Waals surface area contributed by atoms with Crippen molar-refractivity contribution < 1.29 is 42.1 Å². The van der Waals surface area contributed by atoms with Crippen molar-refractivity contribution in [3.8, 4) is 0 Å². The van der Waals surface area contributed by atoms with E-state index in [0.717, 1.165) is 11.4 Å². The van der Waals surface area contributed by atoms with Gasteiger partial charge in [0.25, 0.3) is 0 Å². The van der Waals surface area contributed by atoms with Gasteiger partial charge in [-0.05, 0) is 24.3 Å². The molecule has 2 aromatic heterocycles. The number of hydrogen-bond acceptors (Lipinski definition) is 4. The maximum Gasteiger partial charge on any atom is 2.00 e. The van der Waals surface area contributed by atoms with Gasteiger partial charge in [-0.1, -0.05) is 24.4 Å². The van der Waals surface area contributed by atoms with Gasteiger partial charge in [-0.2, -0.15) is 0 Å². The fraction of sp³-hybridized carbons (Fsp3) is 0. The minimum Gasteiger partial charge on any atom is -0.359 e. The number of quaternary nitrogens is 2. The Kier molecular flexibility index (Phi) is 10.1. The van der Waals surface area contributed by atoms with E-state index in [9.17, 15) is 9.59 Å². The Bertz CT molecular complexity index is 599. The minimum atomic E-state index is -0.399. The number of urea groups is 2. The molecule has 11 heteroatoms. The fourth-order valence-electron chi connectivity index (χ4n) is 1.33. The Morgan fingerprint density at radius 1 is 0.870 bits per heavy atom. The first kappa shape index (κ1) is 21.3. The third-order valence-electron chi connectivity index (χ3n) is 2.19. The maximum absolute atomic E-state index is 10.4. The SMILES string of the molecule is [NH3+]C(=O)NC(=S)c1ccc[nH]1.[NH3+]C(=O)NC(=S)c1ccc[nH]1.[Pt+2]. The van der Waals surface area contributed by atoms with Crippen LogP contribution in [0.25, 0.3) is 0 Å². The first-order valence-corrected chi connectivity index (χ1v) is 6.83. The number of amides is 4. The molecule has 0 saturated heterocycles. The Hall–Kier alpha value is -1.71. The molecule has 0 aromatic carbocycles. The zero-order valence-electron chi connectivity index (χ0n) is 11.8. The number of nitrogens with one attached hydrogen (secondary N) is 4. The summed E-state index contributed by atoms with van der Waals surface area (Å²) >= 11 is 9.69. The van der Waals surface area contributed by atoms with Gasteiger partial charge < -0.3 is 9.97 Å². The van der Waals surface area contributed by atoms with E-state index in [1.807, 2.05) is 0 Å². The van der Waals surface area contributed by atoms with Crippen molar-refractivity contribution >= 4 is 46.5 Å². The number of aromatic amines is 2. The molecule has 0 spiro atoms. The summed E-state index contributed by atoms with van der Waals surface area (Å²) < 4.78 is 0. The molecule has 8 nitrogen and oxygen atoms in total. The van der Waals surface area contributed by atoms with Crippen LogP contribution in [0.1, 0.15) is 11.4 Å². The second-order valence-corrected chi connectivity index (χ2v) is 4.74. The molecule has 124 valence electrons. The van der Waals surface area contributed by atoms with Gasteiger partial charge in [0.2, 0.25) is 0 Å². The van der Waals surface area contributed by atoms with Gasteiger partial charge in [0, 0.05) is 12.4 Å². The van der Waals surface area contributed by atoms with Gasteiger partial charge in [-0.25, -0.2) is 9.59 Å². The summed E-state index contributed by atoms with van der Waals surface area (Å²) in [7, 11) is 0. The summed E-state index contributed by atoms with van der Waals surface area (Å²) in [5, 5.41) is 4.79. The van der Waals surface area contributed by atoms with E-state index < -0.39 is 12.1 Å². The van der Waals surface area contributed by atoms with Gasteiger partial charge in [0.15, 0.2) is 0 Å². The molecule has 0 aliphatic carbocycles. The number of thiocarbonyl (C=S) groups is 2. The summed E-state index contributed by atoms with van der Waals surface area (Å²) in [6.45, 7) is 0. The molecular weight excluding hydrogens is 519 g/mol. The van der Waals surface area contributed by atoms with Crippen molar-refractivity contribution in [3.63, 3.8) is 0 Å². The quantitative estimate of drug-likeness (QED) is 0.282. The van der Waals surface area contributed by atoms with Crippen LogP contribution in [-0.2, 0) is 21.1 Å². The monoisotopic (exact) mass is 535 g/mol. The molecule has 2 aromatic rings. The third kappa shape index (κ3) is 8.48. The first-order chi connectivity index (χ1) is 10.4. The molecule has 2 rings (SSSR count). The molecule has 23 heavy (non-hydrogen) atoms. The second kappa shape index (κ2) is 10.9. The van der Waals surface area contributed by atoms with E-state index in [-0.39, 0.29) is 21.1 Å². The molecule has 10 N–H and O–H groups in total. The van der Waals surface area contributed by atoms with Crippen LogP contribution in [0, 0.1) is 0 Å². The predicted octanol–water partition coefficient (Wildman–Crippen LogP) is -0.719. The predicted molar refractivity (Wildman–Crippen MR) is 87.8 cm³/mol. The Morgan fingerprint density at radius 3 is 1.43 bits per heavy atom. The van der Waals surface area contributed by atoms with Crippen LogP contribution in [0.2, 0.25) is 0 Å². The summed E-state index contributed by atoms with van der Waals surface area (Å²) in [6.07, 6.45) is 3.47. The van der Waals surface area contributed by atoms with Crippen molar-refractivity contribution in [2.75, 3.05) is 0 Å². The number of aromatic nitrogens is 2. The van der Waals surface area contributed by atoms with Crippen molar-refractivity contribution in [2.45, 2.75) is 0 Å². The number of rotatable bonds is 2. The molecule has 2 heterocycles. The van der Waals surface area contributed by atoms with E-state index in [1.54, 1.807) is 36.7 Å². The van der Waals surface area contributed by atoms with E-state index in [2.05, 4.69) is 32.1 Å². The van der Waals surface area contributed by atoms with Crippen LogP contribution in [0.4, 0.5) is 9.59 Å². The maximum atomic E-state index is 10.4. The Balaban J connectivity index is 0.000000403. The number of carbonyl (C=O) groups excluding carboxylic acids is 2. The normalized spacial score (nSPS) is 8.78. The number of hydrogen-bond donors (Lipinski definition) is 6. The first-order valence-electron chi connectivity index (χ1n) is 6.01. The molecule has 0 fully saturated rings. The zero-order valence-corrected chi connectivity index (χ0v) is 15.7. The van der Waals surface area contributed by atoms with Gasteiger partial charge in [0.05, 0.1) is 11.4 Å². The Labute approximate surface area is 157 Å². The zero-order chi connectivity index (χ0) is 16.5. The molecule has 0 saturated carbocycles.